The van der Waals surface area contributed by atoms with Crippen LogP contribution in [-0.4, -0.2) is 36.1 Å². The number of hydrogen-bond acceptors (Lipinski definition) is 5. The van der Waals surface area contributed by atoms with Crippen LogP contribution in [-0.2, 0) is 22.7 Å². The number of fused-ring (bicyclic) bond motifs is 1. The van der Waals surface area contributed by atoms with E-state index in [1.54, 1.807) is 42.1 Å². The molecule has 1 unspecified atom stereocenters. The van der Waals surface area contributed by atoms with Crippen molar-refractivity contribution in [2.45, 2.75) is 37.1 Å². The van der Waals surface area contributed by atoms with Crippen LogP contribution in [0.25, 0.3) is 11.6 Å². The van der Waals surface area contributed by atoms with Gasteiger partial charge in [0, 0.05) is 24.7 Å². The Morgan fingerprint density at radius 1 is 1.15 bits per heavy atom. The minimum Gasteiger partial charge on any atom is -0.486 e. The van der Waals surface area contributed by atoms with Gasteiger partial charge < -0.3 is 4.74 Å². The van der Waals surface area contributed by atoms with E-state index < -0.39 is 38.6 Å². The van der Waals surface area contributed by atoms with Crippen molar-refractivity contribution in [1.82, 2.24) is 15.0 Å². The first-order chi connectivity index (χ1) is 19.4. The number of anilines is 1. The molecule has 5 rings (SSSR count). The van der Waals surface area contributed by atoms with E-state index >= 15 is 0 Å². The molecule has 7 nitrogen and oxygen atoms in total. The van der Waals surface area contributed by atoms with Crippen LogP contribution in [0.1, 0.15) is 30.0 Å². The molecule has 0 spiro atoms. The number of nitrogens with zero attached hydrogens (tertiary/aromatic N) is 4. The quantitative estimate of drug-likeness (QED) is 0.173. The molecule has 0 N–H and O–H groups in total. The minimum atomic E-state index is -4.72. The Bertz CT molecular complexity index is 1690. The lowest BCUT2D eigenvalue weighted by atomic mass is 10.0. The van der Waals surface area contributed by atoms with Crippen molar-refractivity contribution in [3.05, 3.63) is 101 Å². The highest BCUT2D eigenvalue weighted by Gasteiger charge is 2.37. The first-order valence-corrected chi connectivity index (χ1v) is 14.2. The fourth-order valence-electron chi connectivity index (χ4n) is 4.58. The molecule has 4 aromatic rings. The second-order valence-corrected chi connectivity index (χ2v) is 11.7. The van der Waals surface area contributed by atoms with E-state index in [-0.39, 0.29) is 28.6 Å². The Hall–Kier alpha value is -3.90. The molecule has 3 aromatic carbocycles. The highest BCUT2D eigenvalue weighted by Crippen LogP contribution is 2.40. The lowest BCUT2D eigenvalue weighted by Crippen LogP contribution is -2.44. The van der Waals surface area contributed by atoms with Crippen molar-refractivity contribution >= 4 is 39.0 Å². The molecule has 0 saturated heterocycles. The van der Waals surface area contributed by atoms with Crippen LogP contribution in [0.2, 0.25) is 5.02 Å². The normalized spacial score (nSPS) is 15.9. The molecule has 2 heterocycles. The van der Waals surface area contributed by atoms with E-state index in [1.807, 2.05) is 0 Å². The maximum absolute atomic E-state index is 14.5. The third-order valence-electron chi connectivity index (χ3n) is 6.56. The van der Waals surface area contributed by atoms with Crippen LogP contribution in [0, 0.1) is 5.82 Å². The van der Waals surface area contributed by atoms with Gasteiger partial charge in [-0.25, -0.2) is 12.8 Å². The SMILES string of the molecule is C/C(=C\c1ccc2c(c1)N(S(=O)(=O)c1cccc(C(F)(F)F)c1)CC(CCn1ccnn1)O2)c1c(F)cccc1Cl. The number of aromatic nitrogens is 3. The summed E-state index contributed by atoms with van der Waals surface area (Å²) in [5.41, 5.74) is 0.256. The average molecular weight is 607 g/mol. The Labute approximate surface area is 238 Å². The number of sulfonamides is 1. The standard InChI is InChI=1S/C28H23ClF4N4O3S/c1-18(27-23(29)6-3-7-24(27)30)14-19-8-9-26-25(15-19)37(17-21(40-26)10-12-36-13-11-34-35-36)41(38,39)22-5-2-4-20(16-22)28(31,32)33/h2-9,11,13-16,21H,10,12,17H2,1H3/b18-14+. The number of halogens is 5. The molecule has 1 aromatic heterocycles. The molecule has 0 bridgehead atoms. The van der Waals surface area contributed by atoms with Crippen molar-refractivity contribution in [1.29, 1.82) is 0 Å². The van der Waals surface area contributed by atoms with Gasteiger partial charge in [0.15, 0.2) is 0 Å². The van der Waals surface area contributed by atoms with E-state index in [0.717, 1.165) is 22.5 Å². The molecule has 0 fully saturated rings. The van der Waals surface area contributed by atoms with E-state index in [4.69, 9.17) is 16.3 Å². The molecule has 1 aliphatic rings. The lowest BCUT2D eigenvalue weighted by Gasteiger charge is -2.36. The number of hydrogen-bond donors (Lipinski definition) is 0. The van der Waals surface area contributed by atoms with Gasteiger partial charge in [-0.1, -0.05) is 41.1 Å². The Balaban J connectivity index is 1.56. The van der Waals surface area contributed by atoms with Crippen molar-refractivity contribution < 1.29 is 30.7 Å². The summed E-state index contributed by atoms with van der Waals surface area (Å²) >= 11 is 6.21. The van der Waals surface area contributed by atoms with Crippen LogP contribution in [0.15, 0.2) is 78.0 Å². The van der Waals surface area contributed by atoms with Gasteiger partial charge in [0.2, 0.25) is 0 Å². The summed E-state index contributed by atoms with van der Waals surface area (Å²) in [6, 6.07) is 12.7. The predicted molar refractivity (Wildman–Crippen MR) is 146 cm³/mol. The van der Waals surface area contributed by atoms with Gasteiger partial charge in [0.1, 0.15) is 17.7 Å². The zero-order chi connectivity index (χ0) is 29.4. The fraction of sp³-hybridized carbons (Fsp3) is 0.214. The van der Waals surface area contributed by atoms with Crippen LogP contribution in [0.4, 0.5) is 23.2 Å². The molecule has 1 atom stereocenters. The molecule has 0 amide bonds. The molecular weight excluding hydrogens is 584 g/mol. The number of benzene rings is 3. The smallest absolute Gasteiger partial charge is 0.416 e. The molecule has 0 saturated carbocycles. The summed E-state index contributed by atoms with van der Waals surface area (Å²) < 4.78 is 91.2. The first-order valence-electron chi connectivity index (χ1n) is 12.4. The predicted octanol–water partition coefficient (Wildman–Crippen LogP) is 6.70. The number of ether oxygens (including phenoxy) is 1. The van der Waals surface area contributed by atoms with Gasteiger partial charge in [-0.05, 0) is 60.5 Å². The summed E-state index contributed by atoms with van der Waals surface area (Å²) in [6.45, 7) is 1.88. The lowest BCUT2D eigenvalue weighted by molar-refractivity contribution is -0.137. The van der Waals surface area contributed by atoms with Crippen molar-refractivity contribution in [2.24, 2.45) is 0 Å². The van der Waals surface area contributed by atoms with Crippen molar-refractivity contribution in [3.8, 4) is 5.75 Å². The highest BCUT2D eigenvalue weighted by molar-refractivity contribution is 7.92. The van der Waals surface area contributed by atoms with E-state index in [1.165, 1.54) is 24.4 Å². The summed E-state index contributed by atoms with van der Waals surface area (Å²) in [7, 11) is -4.46. The third-order valence-corrected chi connectivity index (χ3v) is 8.65. The summed E-state index contributed by atoms with van der Waals surface area (Å²) in [5.74, 6) is -0.286. The Kier molecular flexibility index (Phi) is 7.80. The average Bonchev–Trinajstić information content (AvgIpc) is 3.45. The maximum atomic E-state index is 14.5. The van der Waals surface area contributed by atoms with Gasteiger partial charge in [-0.15, -0.1) is 5.10 Å². The monoisotopic (exact) mass is 606 g/mol. The van der Waals surface area contributed by atoms with Crippen molar-refractivity contribution in [3.63, 3.8) is 0 Å². The van der Waals surface area contributed by atoms with Gasteiger partial charge in [-0.3, -0.25) is 8.99 Å². The van der Waals surface area contributed by atoms with E-state index in [9.17, 15) is 26.0 Å². The molecule has 41 heavy (non-hydrogen) atoms. The Morgan fingerprint density at radius 3 is 2.63 bits per heavy atom. The van der Waals surface area contributed by atoms with Gasteiger partial charge in [-0.2, -0.15) is 13.2 Å². The molecule has 0 radical (unpaired) electrons. The minimum absolute atomic E-state index is 0.139. The summed E-state index contributed by atoms with van der Waals surface area (Å²) in [6.07, 6.45) is -0.213. The van der Waals surface area contributed by atoms with Gasteiger partial charge in [0.25, 0.3) is 10.0 Å². The molecule has 0 aliphatic carbocycles. The number of alkyl halides is 3. The van der Waals surface area contributed by atoms with Gasteiger partial charge >= 0.3 is 6.18 Å². The first kappa shape index (κ1) is 28.6. The Morgan fingerprint density at radius 2 is 1.93 bits per heavy atom. The zero-order valence-electron chi connectivity index (χ0n) is 21.5. The second-order valence-electron chi connectivity index (χ2n) is 9.41. The second kappa shape index (κ2) is 11.2. The van der Waals surface area contributed by atoms with Gasteiger partial charge in [0.05, 0.1) is 33.9 Å². The number of aryl methyl sites for hydroxylation is 1. The van der Waals surface area contributed by atoms with Crippen molar-refractivity contribution in [2.75, 3.05) is 10.8 Å². The van der Waals surface area contributed by atoms with Crippen LogP contribution >= 0.6 is 11.6 Å². The molecule has 13 heteroatoms. The zero-order valence-corrected chi connectivity index (χ0v) is 23.1. The molecule has 214 valence electrons. The molecular formula is C28H23ClF4N4O3S. The largest absolute Gasteiger partial charge is 0.486 e. The highest BCUT2D eigenvalue weighted by atomic mass is 35.5. The van der Waals surface area contributed by atoms with Crippen LogP contribution < -0.4 is 9.04 Å². The fourth-order valence-corrected chi connectivity index (χ4v) is 6.44. The van der Waals surface area contributed by atoms with Crippen LogP contribution in [0.5, 0.6) is 5.75 Å². The summed E-state index contributed by atoms with van der Waals surface area (Å²) in [4.78, 5) is -0.509. The molecule has 1 aliphatic heterocycles. The van der Waals surface area contributed by atoms with Crippen LogP contribution in [0.3, 0.4) is 0 Å². The third kappa shape index (κ3) is 6.08. The number of allylic oxidation sites excluding steroid dienone is 1. The number of rotatable bonds is 7. The summed E-state index contributed by atoms with van der Waals surface area (Å²) in [5, 5.41) is 7.86. The van der Waals surface area contributed by atoms with E-state index in [2.05, 4.69) is 10.3 Å². The van der Waals surface area contributed by atoms with E-state index in [0.29, 0.717) is 30.2 Å². The maximum Gasteiger partial charge on any atom is 0.416 e. The topological polar surface area (TPSA) is 77.3 Å².